The predicted molar refractivity (Wildman–Crippen MR) is 89.2 cm³/mol. The summed E-state index contributed by atoms with van der Waals surface area (Å²) in [7, 11) is 0. The van der Waals surface area contributed by atoms with Gasteiger partial charge in [0.2, 0.25) is 0 Å². The van der Waals surface area contributed by atoms with Gasteiger partial charge < -0.3 is 0 Å². The van der Waals surface area contributed by atoms with Gasteiger partial charge in [-0.1, -0.05) is 96.4 Å². The van der Waals surface area contributed by atoms with E-state index in [9.17, 15) is 0 Å². The summed E-state index contributed by atoms with van der Waals surface area (Å²) in [6.07, 6.45) is 17.0. The van der Waals surface area contributed by atoms with E-state index in [2.05, 4.69) is 25.8 Å². The topological polar surface area (TPSA) is 38.7 Å². The molecule has 0 fully saturated rings. The Balaban J connectivity index is 3.76. The van der Waals surface area contributed by atoms with Gasteiger partial charge in [-0.2, -0.15) is 4.89 Å². The summed E-state index contributed by atoms with van der Waals surface area (Å²) < 4.78 is 0. The highest BCUT2D eigenvalue weighted by Crippen LogP contribution is 2.30. The molecule has 0 aliphatic rings. The molecule has 0 heterocycles. The third-order valence-electron chi connectivity index (χ3n) is 4.36. The van der Waals surface area contributed by atoms with E-state index in [-0.39, 0.29) is 5.60 Å². The lowest BCUT2D eigenvalue weighted by Crippen LogP contribution is -2.32. The molecular formula is C18H38O3. The summed E-state index contributed by atoms with van der Waals surface area (Å²) in [4.78, 5) is 5.24. The predicted octanol–water partition coefficient (Wildman–Crippen LogP) is 6.67. The van der Waals surface area contributed by atoms with Crippen LogP contribution in [0, 0.1) is 0 Å². The van der Waals surface area contributed by atoms with Crippen LogP contribution < -0.4 is 0 Å². The van der Waals surface area contributed by atoms with Gasteiger partial charge in [0.1, 0.15) is 5.60 Å². The molecule has 0 saturated carbocycles. The van der Waals surface area contributed by atoms with Crippen LogP contribution in [0.15, 0.2) is 0 Å². The molecule has 0 atom stereocenters. The molecule has 0 aromatic carbocycles. The first kappa shape index (κ1) is 20.9. The molecule has 0 bridgehead atoms. The van der Waals surface area contributed by atoms with E-state index in [0.717, 1.165) is 32.1 Å². The highest BCUT2D eigenvalue weighted by atomic mass is 17.5. The monoisotopic (exact) mass is 302 g/mol. The minimum Gasteiger partial charge on any atom is -0.221 e. The van der Waals surface area contributed by atoms with Gasteiger partial charge in [-0.25, -0.2) is 5.26 Å². The smallest absolute Gasteiger partial charge is 0.107 e. The summed E-state index contributed by atoms with van der Waals surface area (Å²) in [6.45, 7) is 6.57. The molecule has 128 valence electrons. The molecule has 0 aromatic heterocycles. The molecule has 3 heteroatoms. The highest BCUT2D eigenvalue weighted by molar-refractivity contribution is 4.78. The van der Waals surface area contributed by atoms with Crippen LogP contribution in [0.2, 0.25) is 0 Å². The summed E-state index contributed by atoms with van der Waals surface area (Å²) in [5.74, 6) is 0. The zero-order valence-electron chi connectivity index (χ0n) is 14.7. The fourth-order valence-corrected chi connectivity index (χ4v) is 3.25. The number of rotatable bonds is 16. The first-order valence-corrected chi connectivity index (χ1v) is 9.24. The van der Waals surface area contributed by atoms with Crippen molar-refractivity contribution in [1.29, 1.82) is 0 Å². The van der Waals surface area contributed by atoms with Crippen LogP contribution in [-0.4, -0.2) is 10.9 Å². The molecule has 3 nitrogen and oxygen atoms in total. The van der Waals surface area contributed by atoms with Crippen LogP contribution in [0.4, 0.5) is 0 Å². The molecule has 0 amide bonds. The summed E-state index contributed by atoms with van der Waals surface area (Å²) in [5.41, 5.74) is -0.278. The molecule has 0 aliphatic carbocycles. The van der Waals surface area contributed by atoms with Gasteiger partial charge in [-0.15, -0.1) is 0 Å². The third kappa shape index (κ3) is 11.1. The van der Waals surface area contributed by atoms with E-state index >= 15 is 0 Å². The normalized spacial score (nSPS) is 12.0. The van der Waals surface area contributed by atoms with E-state index in [1.807, 2.05) is 0 Å². The number of unbranched alkanes of at least 4 members (excludes halogenated alkanes) is 8. The van der Waals surface area contributed by atoms with E-state index in [1.165, 1.54) is 57.8 Å². The lowest BCUT2D eigenvalue weighted by atomic mass is 9.87. The zero-order chi connectivity index (χ0) is 15.8. The molecule has 0 unspecified atom stereocenters. The second-order valence-corrected chi connectivity index (χ2v) is 6.42. The second-order valence-electron chi connectivity index (χ2n) is 6.42. The van der Waals surface area contributed by atoms with Crippen LogP contribution in [0.5, 0.6) is 0 Å². The fourth-order valence-electron chi connectivity index (χ4n) is 3.25. The standard InChI is InChI=1S/C18H38O3/c1-4-7-8-9-10-11-12-13-14-17-18(15-5-2,16-6-3)20-21-19/h19H,4-17H2,1-3H3. The van der Waals surface area contributed by atoms with Gasteiger partial charge in [-0.05, 0) is 19.3 Å². The van der Waals surface area contributed by atoms with Crippen molar-refractivity contribution in [2.45, 2.75) is 116 Å². The number of hydrogen-bond donors (Lipinski definition) is 1. The molecule has 0 radical (unpaired) electrons. The first-order valence-electron chi connectivity index (χ1n) is 9.24. The Morgan fingerprint density at radius 2 is 1.10 bits per heavy atom. The van der Waals surface area contributed by atoms with Gasteiger partial charge in [0.25, 0.3) is 0 Å². The summed E-state index contributed by atoms with van der Waals surface area (Å²) in [5, 5.41) is 12.7. The Hall–Kier alpha value is -0.120. The molecular weight excluding hydrogens is 264 g/mol. The Morgan fingerprint density at radius 3 is 1.52 bits per heavy atom. The van der Waals surface area contributed by atoms with Gasteiger partial charge in [0, 0.05) is 0 Å². The van der Waals surface area contributed by atoms with E-state index < -0.39 is 0 Å². The lowest BCUT2D eigenvalue weighted by molar-refractivity contribution is -0.528. The largest absolute Gasteiger partial charge is 0.221 e. The molecule has 0 aromatic rings. The molecule has 21 heavy (non-hydrogen) atoms. The van der Waals surface area contributed by atoms with Gasteiger partial charge in [-0.3, -0.25) is 0 Å². The van der Waals surface area contributed by atoms with E-state index in [1.54, 1.807) is 0 Å². The van der Waals surface area contributed by atoms with Crippen molar-refractivity contribution in [3.05, 3.63) is 0 Å². The Kier molecular flexibility index (Phi) is 14.7. The maximum absolute atomic E-state index is 8.68. The SMILES string of the molecule is CCCCCCCCCCCC(CCC)(CCC)OOO. The molecule has 1 N–H and O–H groups in total. The van der Waals surface area contributed by atoms with Crippen LogP contribution in [-0.2, 0) is 9.93 Å². The van der Waals surface area contributed by atoms with Gasteiger partial charge in [0.15, 0.2) is 0 Å². The van der Waals surface area contributed by atoms with Crippen LogP contribution in [0.25, 0.3) is 0 Å². The zero-order valence-corrected chi connectivity index (χ0v) is 14.7. The van der Waals surface area contributed by atoms with Crippen LogP contribution >= 0.6 is 0 Å². The van der Waals surface area contributed by atoms with Crippen LogP contribution in [0.3, 0.4) is 0 Å². The Labute approximate surface area is 132 Å². The van der Waals surface area contributed by atoms with Gasteiger partial charge in [0.05, 0.1) is 0 Å². The fraction of sp³-hybridized carbons (Fsp3) is 1.00. The minimum atomic E-state index is -0.278. The minimum absolute atomic E-state index is 0.278. The Bertz CT molecular complexity index is 190. The lowest BCUT2D eigenvalue weighted by Gasteiger charge is -2.30. The van der Waals surface area contributed by atoms with E-state index in [0.29, 0.717) is 0 Å². The van der Waals surface area contributed by atoms with Crippen molar-refractivity contribution in [3.8, 4) is 0 Å². The maximum Gasteiger partial charge on any atom is 0.107 e. The second kappa shape index (κ2) is 14.8. The maximum atomic E-state index is 8.68. The first-order chi connectivity index (χ1) is 10.2. The van der Waals surface area contributed by atoms with Crippen LogP contribution in [0.1, 0.15) is 111 Å². The number of hydrogen-bond acceptors (Lipinski definition) is 3. The molecule has 0 aliphatic heterocycles. The molecule has 0 saturated heterocycles. The molecule has 0 rings (SSSR count). The third-order valence-corrected chi connectivity index (χ3v) is 4.36. The van der Waals surface area contributed by atoms with E-state index in [4.69, 9.17) is 10.1 Å². The van der Waals surface area contributed by atoms with Crippen molar-refractivity contribution in [2.75, 3.05) is 0 Å². The molecule has 0 spiro atoms. The average Bonchev–Trinajstić information content (AvgIpc) is 2.46. The quantitative estimate of drug-likeness (QED) is 0.197. The van der Waals surface area contributed by atoms with Gasteiger partial charge >= 0.3 is 0 Å². The van der Waals surface area contributed by atoms with Crippen molar-refractivity contribution >= 4 is 0 Å². The summed E-state index contributed by atoms with van der Waals surface area (Å²) in [6, 6.07) is 0. The van der Waals surface area contributed by atoms with Crippen molar-refractivity contribution in [3.63, 3.8) is 0 Å². The highest BCUT2D eigenvalue weighted by Gasteiger charge is 2.30. The van der Waals surface area contributed by atoms with Crippen molar-refractivity contribution < 1.29 is 15.2 Å². The average molecular weight is 302 g/mol. The van der Waals surface area contributed by atoms with Crippen molar-refractivity contribution in [1.82, 2.24) is 0 Å². The summed E-state index contributed by atoms with van der Waals surface area (Å²) >= 11 is 0. The van der Waals surface area contributed by atoms with Crippen molar-refractivity contribution in [2.24, 2.45) is 0 Å². The Morgan fingerprint density at radius 1 is 0.619 bits per heavy atom.